The molecule has 0 saturated carbocycles. The molecular formula is C66H42N12Rh4-4. The van der Waals surface area contributed by atoms with Gasteiger partial charge in [-0.05, 0) is 144 Å². The second-order valence-corrected chi connectivity index (χ2v) is 19.4. The summed E-state index contributed by atoms with van der Waals surface area (Å²) < 4.78 is 0. The second-order valence-electron chi connectivity index (χ2n) is 19.4. The third-order valence-corrected chi connectivity index (χ3v) is 13.8. The molecule has 8 aromatic heterocycles. The molecule has 6 aliphatic heterocycles. The molecule has 16 heteroatoms. The largest absolute Gasteiger partial charge is 0.658 e. The van der Waals surface area contributed by atoms with Crippen LogP contribution in [0.2, 0.25) is 0 Å². The van der Waals surface area contributed by atoms with E-state index >= 15 is 0 Å². The number of hydrogen-bond donors (Lipinski definition) is 4. The fourth-order valence-electron chi connectivity index (χ4n) is 10.3. The smallest absolute Gasteiger partial charge is 0.0658 e. The van der Waals surface area contributed by atoms with Gasteiger partial charge < -0.3 is 39.9 Å². The van der Waals surface area contributed by atoms with Crippen LogP contribution in [-0.2, 0) is 77.9 Å². The molecule has 0 aliphatic carbocycles. The Kier molecular flexibility index (Phi) is 15.9. The third-order valence-electron chi connectivity index (χ3n) is 13.8. The van der Waals surface area contributed by atoms with E-state index in [-0.39, 0.29) is 77.9 Å². The number of nitrogens with one attached hydrogen (secondary N) is 4. The quantitative estimate of drug-likeness (QED) is 0.181. The molecule has 0 atom stereocenters. The van der Waals surface area contributed by atoms with Crippen LogP contribution in [0.3, 0.4) is 0 Å². The first-order valence-corrected chi connectivity index (χ1v) is 25.6. The predicted molar refractivity (Wildman–Crippen MR) is 312 cm³/mol. The molecule has 6 aliphatic rings. The first kappa shape index (κ1) is 55.4. The van der Waals surface area contributed by atoms with Crippen LogP contribution in [0.1, 0.15) is 56.7 Å². The monoisotopic (exact) mass is 1410 g/mol. The molecule has 14 heterocycles. The van der Waals surface area contributed by atoms with Crippen LogP contribution in [0.15, 0.2) is 213 Å². The van der Waals surface area contributed by atoms with E-state index in [4.69, 9.17) is 39.9 Å². The molecule has 12 nitrogen and oxygen atoms in total. The summed E-state index contributed by atoms with van der Waals surface area (Å²) in [7, 11) is 0. The second kappa shape index (κ2) is 23.5. The van der Waals surface area contributed by atoms with Gasteiger partial charge in [-0.2, -0.15) is 0 Å². The van der Waals surface area contributed by atoms with E-state index in [0.717, 1.165) is 156 Å². The zero-order valence-electron chi connectivity index (χ0n) is 42.9. The average Bonchev–Trinajstić information content (AvgIpc) is 4.28. The van der Waals surface area contributed by atoms with Gasteiger partial charge in [0.1, 0.15) is 0 Å². The minimum absolute atomic E-state index is 0. The molecule has 1 aromatic carbocycles. The van der Waals surface area contributed by atoms with Crippen LogP contribution in [0, 0.1) is 0 Å². The first-order valence-electron chi connectivity index (χ1n) is 25.6. The molecule has 0 saturated heterocycles. The zero-order chi connectivity index (χ0) is 51.5. The van der Waals surface area contributed by atoms with Crippen molar-refractivity contribution >= 4 is 94.8 Å². The number of hydrogen-bond acceptors (Lipinski definition) is 4. The maximum atomic E-state index is 5.22. The van der Waals surface area contributed by atoms with Crippen LogP contribution in [-0.4, -0.2) is 42.8 Å². The fourth-order valence-corrected chi connectivity index (χ4v) is 10.3. The summed E-state index contributed by atoms with van der Waals surface area (Å²) in [5.41, 5.74) is 18.0. The van der Waals surface area contributed by atoms with Gasteiger partial charge in [0.2, 0.25) is 0 Å². The molecule has 4 N–H and O–H groups in total. The number of aliphatic imine (C=N–C) groups is 4. The average molecular weight is 1410 g/mol. The van der Waals surface area contributed by atoms with Crippen molar-refractivity contribution in [2.75, 3.05) is 0 Å². The Bertz CT molecular complexity index is 4650. The van der Waals surface area contributed by atoms with Gasteiger partial charge >= 0.3 is 0 Å². The van der Waals surface area contributed by atoms with Crippen LogP contribution in [0.5, 0.6) is 0 Å². The van der Waals surface area contributed by atoms with E-state index < -0.39 is 0 Å². The number of allylic oxidation sites excluding steroid dienone is 8. The molecule has 0 amide bonds. The Morgan fingerprint density at radius 2 is 0.524 bits per heavy atom. The number of fused-ring (bicyclic) bond motifs is 20. The summed E-state index contributed by atoms with van der Waals surface area (Å²) in [6.45, 7) is 0. The van der Waals surface area contributed by atoms with Crippen LogP contribution in [0.25, 0.3) is 71.9 Å². The van der Waals surface area contributed by atoms with Gasteiger partial charge in [-0.3, -0.25) is 0 Å². The summed E-state index contributed by atoms with van der Waals surface area (Å²) in [5.74, 6) is 0. The van der Waals surface area contributed by atoms with Crippen molar-refractivity contribution in [3.8, 4) is 0 Å². The summed E-state index contributed by atoms with van der Waals surface area (Å²) in [6, 6.07) is 41.5. The van der Waals surface area contributed by atoms with Crippen molar-refractivity contribution in [3.05, 3.63) is 292 Å². The van der Waals surface area contributed by atoms with Crippen LogP contribution >= 0.6 is 0 Å². The number of H-pyrrole nitrogens is 4. The number of rotatable bonds is 2. The molecule has 15 rings (SSSR count). The Labute approximate surface area is 520 Å². The maximum Gasteiger partial charge on any atom is 0.0658 e. The van der Waals surface area contributed by atoms with Gasteiger partial charge in [0.25, 0.3) is 0 Å². The molecule has 0 unspecified atom stereocenters. The maximum absolute atomic E-state index is 5.22. The van der Waals surface area contributed by atoms with Crippen molar-refractivity contribution in [1.29, 1.82) is 0 Å². The summed E-state index contributed by atoms with van der Waals surface area (Å²) in [5, 5.41) is 6.66. The predicted octanol–water partition coefficient (Wildman–Crippen LogP) is 4.93. The van der Waals surface area contributed by atoms with E-state index in [1.54, 1.807) is 0 Å². The van der Waals surface area contributed by atoms with Crippen molar-refractivity contribution in [1.82, 2.24) is 39.9 Å². The summed E-state index contributed by atoms with van der Waals surface area (Å²) >= 11 is 0. The Morgan fingerprint density at radius 1 is 0.244 bits per heavy atom. The van der Waals surface area contributed by atoms with Gasteiger partial charge in [0, 0.05) is 123 Å². The molecule has 24 bridgehead atoms. The Morgan fingerprint density at radius 3 is 0.878 bits per heavy atom. The third kappa shape index (κ3) is 11.8. The van der Waals surface area contributed by atoms with Crippen molar-refractivity contribution in [2.24, 2.45) is 20.0 Å². The molecular weight excluding hydrogens is 1370 g/mol. The summed E-state index contributed by atoms with van der Waals surface area (Å²) in [4.78, 5) is 54.1. The normalized spacial score (nSPS) is 15.4. The Balaban J connectivity index is 0.00000176. The molecule has 0 fully saturated rings. The number of aromatic nitrogens is 8. The minimum atomic E-state index is 0. The van der Waals surface area contributed by atoms with E-state index in [1.807, 2.05) is 158 Å². The minimum Gasteiger partial charge on any atom is -0.658 e. The van der Waals surface area contributed by atoms with Crippen LogP contribution in [0.4, 0.5) is 0 Å². The van der Waals surface area contributed by atoms with E-state index in [1.165, 1.54) is 0 Å². The van der Waals surface area contributed by atoms with Gasteiger partial charge in [0.05, 0.1) is 45.6 Å². The van der Waals surface area contributed by atoms with Crippen molar-refractivity contribution in [3.63, 3.8) is 0 Å². The van der Waals surface area contributed by atoms with Gasteiger partial charge in [-0.1, -0.05) is 109 Å². The van der Waals surface area contributed by atoms with Gasteiger partial charge in [-0.25, -0.2) is 20.0 Å². The SMILES string of the molecule is C1=CC2=NC1=Cc1ccc([nH]1)C(c1ccc(C3=c4ccc([n-]4)=CC4=NC(=Cc5ccc([nH]5)C=c5ccc([n-]5)=CC5=NC(=Cc6ccc3[nH]6)C=C5)C=C4)cc1)=c1ccc([n-]1)=CC1=NC(=Cc3ccc([nH]3)C=c3ccc([n-]3)=C2)C=C1.[Rh].[Rh].[Rh].[Rh]. The Hall–Kier alpha value is -8.49. The first-order chi connectivity index (χ1) is 38.4. The van der Waals surface area contributed by atoms with Crippen molar-refractivity contribution in [2.45, 2.75) is 0 Å². The van der Waals surface area contributed by atoms with Gasteiger partial charge in [-0.15, -0.1) is 42.8 Å². The number of nitrogens with zero attached hydrogens (tertiary/aromatic N) is 8. The van der Waals surface area contributed by atoms with E-state index in [2.05, 4.69) is 92.8 Å². The van der Waals surface area contributed by atoms with Gasteiger partial charge in [0.15, 0.2) is 0 Å². The standard InChI is InChI=1S/C66H42N12.4Rh/c1-2-40(66-63-27-23-59(77-63)37-55-19-15-51(73-55)33-47-11-7-43(69-47)30-44-8-12-48(70-44)34-52-16-20-56(74-52)38-60-24-28-64(66)78-60)4-3-39(1)65-61-25-21-57(75-61)35-53-17-13-49(71-53)31-45-9-5-41(67-45)29-42-6-10-46(68-42)32-50-14-18-54(72-50)36-58-22-26-62(65)76-58;;;;/h1-38,67,69,76,78H;;;;/q-4;;;;. The number of aromatic amines is 4. The number of benzene rings is 1. The molecule has 9 aromatic rings. The van der Waals surface area contributed by atoms with Crippen LogP contribution < -0.4 is 62.7 Å². The van der Waals surface area contributed by atoms with Crippen molar-refractivity contribution < 1.29 is 77.9 Å². The molecule has 406 valence electrons. The molecule has 0 spiro atoms. The topological polar surface area (TPSA) is 169 Å². The zero-order valence-corrected chi connectivity index (χ0v) is 49.4. The molecule has 4 radical (unpaired) electrons. The van der Waals surface area contributed by atoms with E-state index in [0.29, 0.717) is 0 Å². The molecule has 82 heavy (non-hydrogen) atoms. The van der Waals surface area contributed by atoms with E-state index in [9.17, 15) is 0 Å². The summed E-state index contributed by atoms with van der Waals surface area (Å²) in [6.07, 6.45) is 36.4. The fraction of sp³-hybridized carbons (Fsp3) is 0.